The standard InChI is InChI=1S/C14H25NO5/c1-3-19-12(20-4-2)10-15-11(16)9-14(13(17)18)7-5-6-8-14/h12H,3-10H2,1-2H3,(H,15,16)(H,17,18). The van der Waals surface area contributed by atoms with Crippen molar-refractivity contribution in [2.75, 3.05) is 19.8 Å². The Bertz CT molecular complexity index is 320. The quantitative estimate of drug-likeness (QED) is 0.628. The summed E-state index contributed by atoms with van der Waals surface area (Å²) in [5.74, 6) is -1.12. The van der Waals surface area contributed by atoms with E-state index in [1.165, 1.54) is 0 Å². The Labute approximate surface area is 119 Å². The first-order chi connectivity index (χ1) is 9.54. The molecule has 0 aromatic rings. The highest BCUT2D eigenvalue weighted by molar-refractivity contribution is 5.85. The predicted molar refractivity (Wildman–Crippen MR) is 73.2 cm³/mol. The van der Waals surface area contributed by atoms with Crippen molar-refractivity contribution in [1.82, 2.24) is 5.32 Å². The molecule has 6 nitrogen and oxygen atoms in total. The second kappa shape index (κ2) is 8.21. The molecule has 2 N–H and O–H groups in total. The van der Waals surface area contributed by atoms with Gasteiger partial charge in [-0.2, -0.15) is 0 Å². The fourth-order valence-electron chi connectivity index (χ4n) is 2.62. The third kappa shape index (κ3) is 4.76. The average molecular weight is 287 g/mol. The van der Waals surface area contributed by atoms with Crippen LogP contribution in [0, 0.1) is 5.41 Å². The number of nitrogens with one attached hydrogen (secondary N) is 1. The van der Waals surface area contributed by atoms with Crippen LogP contribution in [0.1, 0.15) is 46.0 Å². The largest absolute Gasteiger partial charge is 0.481 e. The molecule has 6 heteroatoms. The molecule has 0 aromatic heterocycles. The Morgan fingerprint density at radius 3 is 2.20 bits per heavy atom. The van der Waals surface area contributed by atoms with Gasteiger partial charge in [0, 0.05) is 19.6 Å². The van der Waals surface area contributed by atoms with Crippen LogP contribution < -0.4 is 5.32 Å². The lowest BCUT2D eigenvalue weighted by Crippen LogP contribution is -2.40. The van der Waals surface area contributed by atoms with E-state index >= 15 is 0 Å². The maximum atomic E-state index is 11.9. The number of rotatable bonds is 9. The normalized spacial score (nSPS) is 17.4. The van der Waals surface area contributed by atoms with Crippen molar-refractivity contribution in [3.8, 4) is 0 Å². The Morgan fingerprint density at radius 2 is 1.75 bits per heavy atom. The van der Waals surface area contributed by atoms with Crippen LogP contribution in [-0.2, 0) is 19.1 Å². The van der Waals surface area contributed by atoms with Crippen LogP contribution in [0.4, 0.5) is 0 Å². The highest BCUT2D eigenvalue weighted by atomic mass is 16.7. The third-order valence-corrected chi connectivity index (χ3v) is 3.68. The van der Waals surface area contributed by atoms with E-state index in [0.717, 1.165) is 12.8 Å². The molecule has 0 bridgehead atoms. The number of hydrogen-bond donors (Lipinski definition) is 2. The second-order valence-electron chi connectivity index (χ2n) is 5.11. The summed E-state index contributed by atoms with van der Waals surface area (Å²) in [6, 6.07) is 0. The summed E-state index contributed by atoms with van der Waals surface area (Å²) < 4.78 is 10.6. The van der Waals surface area contributed by atoms with Crippen LogP contribution in [0.3, 0.4) is 0 Å². The summed E-state index contributed by atoms with van der Waals surface area (Å²) in [6.07, 6.45) is 2.47. The maximum Gasteiger partial charge on any atom is 0.310 e. The lowest BCUT2D eigenvalue weighted by atomic mass is 9.82. The minimum atomic E-state index is -0.878. The van der Waals surface area contributed by atoms with Gasteiger partial charge in [0.2, 0.25) is 5.91 Å². The van der Waals surface area contributed by atoms with Crippen molar-refractivity contribution in [2.45, 2.75) is 52.2 Å². The lowest BCUT2D eigenvalue weighted by Gasteiger charge is -2.24. The zero-order valence-electron chi connectivity index (χ0n) is 12.3. The number of carboxylic acids is 1. The Hall–Kier alpha value is -1.14. The van der Waals surface area contributed by atoms with Crippen molar-refractivity contribution in [3.05, 3.63) is 0 Å². The zero-order chi connectivity index (χ0) is 15.0. The van der Waals surface area contributed by atoms with Gasteiger partial charge in [-0.05, 0) is 26.7 Å². The molecule has 1 fully saturated rings. The van der Waals surface area contributed by atoms with Gasteiger partial charge in [0.1, 0.15) is 0 Å². The molecule has 0 unspecified atom stereocenters. The fraction of sp³-hybridized carbons (Fsp3) is 0.857. The van der Waals surface area contributed by atoms with Crippen LogP contribution in [0.25, 0.3) is 0 Å². The smallest absolute Gasteiger partial charge is 0.310 e. The first kappa shape index (κ1) is 16.9. The number of ether oxygens (including phenoxy) is 2. The zero-order valence-corrected chi connectivity index (χ0v) is 12.3. The van der Waals surface area contributed by atoms with Gasteiger partial charge in [0.25, 0.3) is 0 Å². The molecule has 0 radical (unpaired) electrons. The fourth-order valence-corrected chi connectivity index (χ4v) is 2.62. The number of hydrogen-bond acceptors (Lipinski definition) is 4. The molecule has 0 heterocycles. The molecule has 1 aliphatic carbocycles. The molecule has 116 valence electrons. The molecule has 20 heavy (non-hydrogen) atoms. The summed E-state index contributed by atoms with van der Waals surface area (Å²) >= 11 is 0. The third-order valence-electron chi connectivity index (χ3n) is 3.68. The van der Waals surface area contributed by atoms with E-state index in [1.54, 1.807) is 0 Å². The monoisotopic (exact) mass is 287 g/mol. The molecule has 0 aliphatic heterocycles. The van der Waals surface area contributed by atoms with Crippen molar-refractivity contribution < 1.29 is 24.2 Å². The molecule has 1 saturated carbocycles. The van der Waals surface area contributed by atoms with Gasteiger partial charge in [-0.25, -0.2) is 0 Å². The SMILES string of the molecule is CCOC(CNC(=O)CC1(C(=O)O)CCCC1)OCC. The summed E-state index contributed by atoms with van der Waals surface area (Å²) in [7, 11) is 0. The molecule has 1 rings (SSSR count). The molecular weight excluding hydrogens is 262 g/mol. The number of carbonyl (C=O) groups is 2. The number of aliphatic carboxylic acids is 1. The Kier molecular flexibility index (Phi) is 6.95. The van der Waals surface area contributed by atoms with E-state index in [2.05, 4.69) is 5.32 Å². The van der Waals surface area contributed by atoms with Crippen LogP contribution >= 0.6 is 0 Å². The summed E-state index contributed by atoms with van der Waals surface area (Å²) in [5.41, 5.74) is -0.878. The molecule has 1 aliphatic rings. The highest BCUT2D eigenvalue weighted by Crippen LogP contribution is 2.41. The van der Waals surface area contributed by atoms with Crippen LogP contribution in [-0.4, -0.2) is 43.0 Å². The molecular formula is C14H25NO5. The summed E-state index contributed by atoms with van der Waals surface area (Å²) in [6.45, 7) is 4.95. The van der Waals surface area contributed by atoms with Gasteiger partial charge >= 0.3 is 5.97 Å². The van der Waals surface area contributed by atoms with Crippen LogP contribution in [0.5, 0.6) is 0 Å². The van der Waals surface area contributed by atoms with E-state index in [9.17, 15) is 14.7 Å². The van der Waals surface area contributed by atoms with Crippen LogP contribution in [0.2, 0.25) is 0 Å². The van der Waals surface area contributed by atoms with Gasteiger partial charge in [0.05, 0.1) is 12.0 Å². The van der Waals surface area contributed by atoms with E-state index < -0.39 is 17.7 Å². The molecule has 0 spiro atoms. The van der Waals surface area contributed by atoms with Crippen molar-refractivity contribution in [1.29, 1.82) is 0 Å². The molecule has 0 aromatic carbocycles. The van der Waals surface area contributed by atoms with E-state index in [-0.39, 0.29) is 18.9 Å². The van der Waals surface area contributed by atoms with Crippen LogP contribution in [0.15, 0.2) is 0 Å². The van der Waals surface area contributed by atoms with Crippen molar-refractivity contribution in [3.63, 3.8) is 0 Å². The summed E-state index contributed by atoms with van der Waals surface area (Å²) in [4.78, 5) is 23.3. The minimum Gasteiger partial charge on any atom is -0.481 e. The Balaban J connectivity index is 2.43. The highest BCUT2D eigenvalue weighted by Gasteiger charge is 2.42. The van der Waals surface area contributed by atoms with E-state index in [1.807, 2.05) is 13.8 Å². The molecule has 0 saturated heterocycles. The minimum absolute atomic E-state index is 0.0350. The Morgan fingerprint density at radius 1 is 1.20 bits per heavy atom. The first-order valence-corrected chi connectivity index (χ1v) is 7.27. The number of amides is 1. The van der Waals surface area contributed by atoms with E-state index in [4.69, 9.17) is 9.47 Å². The van der Waals surface area contributed by atoms with Gasteiger partial charge in [0.15, 0.2) is 6.29 Å². The lowest BCUT2D eigenvalue weighted by molar-refractivity contribution is -0.152. The average Bonchev–Trinajstić information content (AvgIpc) is 2.86. The van der Waals surface area contributed by atoms with Crippen molar-refractivity contribution in [2.24, 2.45) is 5.41 Å². The van der Waals surface area contributed by atoms with Gasteiger partial charge in [-0.3, -0.25) is 9.59 Å². The predicted octanol–water partition coefficient (Wildman–Crippen LogP) is 1.54. The molecule has 0 atom stereocenters. The summed E-state index contributed by atoms with van der Waals surface area (Å²) in [5, 5.41) is 12.0. The first-order valence-electron chi connectivity index (χ1n) is 7.27. The topological polar surface area (TPSA) is 84.9 Å². The van der Waals surface area contributed by atoms with Gasteiger partial charge in [-0.15, -0.1) is 0 Å². The van der Waals surface area contributed by atoms with Gasteiger partial charge < -0.3 is 19.9 Å². The number of carbonyl (C=O) groups excluding carboxylic acids is 1. The number of carboxylic acid groups (broad SMARTS) is 1. The second-order valence-corrected chi connectivity index (χ2v) is 5.11. The molecule has 1 amide bonds. The van der Waals surface area contributed by atoms with Gasteiger partial charge in [-0.1, -0.05) is 12.8 Å². The van der Waals surface area contributed by atoms with E-state index in [0.29, 0.717) is 26.1 Å². The maximum absolute atomic E-state index is 11.9. The van der Waals surface area contributed by atoms with Crippen molar-refractivity contribution >= 4 is 11.9 Å².